The number of carbonyl (C=O) groups excluding carboxylic acids is 1. The summed E-state index contributed by atoms with van der Waals surface area (Å²) in [5.41, 5.74) is 7.59. The second-order valence-electron chi connectivity index (χ2n) is 7.18. The normalized spacial score (nSPS) is 18.1. The van der Waals surface area contributed by atoms with Gasteiger partial charge in [0.1, 0.15) is 5.60 Å². The predicted octanol–water partition coefficient (Wildman–Crippen LogP) is 2.63. The Morgan fingerprint density at radius 3 is 2.57 bits per heavy atom. The van der Waals surface area contributed by atoms with Crippen molar-refractivity contribution in [1.29, 1.82) is 0 Å². The number of rotatable bonds is 4. The van der Waals surface area contributed by atoms with Crippen LogP contribution in [0.5, 0.6) is 0 Å². The van der Waals surface area contributed by atoms with Crippen molar-refractivity contribution in [2.24, 2.45) is 5.73 Å². The van der Waals surface area contributed by atoms with Gasteiger partial charge in [0, 0.05) is 25.8 Å². The van der Waals surface area contributed by atoms with Gasteiger partial charge in [-0.1, -0.05) is 12.1 Å². The lowest BCUT2D eigenvalue weighted by molar-refractivity contribution is 0.0238. The molecule has 0 saturated carbocycles. The maximum absolute atomic E-state index is 12.2. The Hall–Kier alpha value is -1.75. The highest BCUT2D eigenvalue weighted by atomic mass is 16.6. The smallest absolute Gasteiger partial charge is 0.410 e. The van der Waals surface area contributed by atoms with Crippen molar-refractivity contribution in [3.63, 3.8) is 0 Å². The molecule has 128 valence electrons. The molecule has 0 bridgehead atoms. The maximum Gasteiger partial charge on any atom is 0.410 e. The van der Waals surface area contributed by atoms with Gasteiger partial charge in [-0.05, 0) is 57.9 Å². The highest BCUT2D eigenvalue weighted by Gasteiger charge is 2.31. The lowest BCUT2D eigenvalue weighted by Crippen LogP contribution is -2.42. The average Bonchev–Trinajstić information content (AvgIpc) is 2.95. The largest absolute Gasteiger partial charge is 0.444 e. The van der Waals surface area contributed by atoms with Crippen LogP contribution < -0.4 is 10.6 Å². The van der Waals surface area contributed by atoms with Crippen molar-refractivity contribution in [2.75, 3.05) is 31.6 Å². The zero-order valence-electron chi connectivity index (χ0n) is 14.7. The van der Waals surface area contributed by atoms with Gasteiger partial charge in [-0.25, -0.2) is 4.79 Å². The summed E-state index contributed by atoms with van der Waals surface area (Å²) in [6.07, 6.45) is 1.62. The summed E-state index contributed by atoms with van der Waals surface area (Å²) >= 11 is 0. The Kier molecular flexibility index (Phi) is 5.52. The Morgan fingerprint density at radius 2 is 2.00 bits per heavy atom. The predicted molar refractivity (Wildman–Crippen MR) is 93.8 cm³/mol. The van der Waals surface area contributed by atoms with Crippen LogP contribution >= 0.6 is 0 Å². The fraction of sp³-hybridized carbons (Fsp3) is 0.611. The van der Waals surface area contributed by atoms with Crippen LogP contribution in [-0.4, -0.2) is 49.3 Å². The van der Waals surface area contributed by atoms with E-state index < -0.39 is 5.60 Å². The number of nitrogens with two attached hydrogens (primary N) is 1. The maximum atomic E-state index is 12.2. The number of nitrogens with zero attached hydrogens (tertiary/aromatic N) is 2. The van der Waals surface area contributed by atoms with Crippen LogP contribution in [0.2, 0.25) is 0 Å². The standard InChI is InChI=1S/C18H29N3O2/c1-18(2,3)23-17(22)20(4)16-10-12-21(13-16)15-7-5-14(6-8-15)9-11-19/h5-8,16H,9-13,19H2,1-4H3/t16-/m1/s1. The first-order valence-corrected chi connectivity index (χ1v) is 8.30. The highest BCUT2D eigenvalue weighted by molar-refractivity contribution is 5.68. The molecule has 1 aliphatic rings. The van der Waals surface area contributed by atoms with E-state index in [0.29, 0.717) is 6.54 Å². The molecule has 2 N–H and O–H groups in total. The molecule has 1 heterocycles. The summed E-state index contributed by atoms with van der Waals surface area (Å²) in [5.74, 6) is 0. The van der Waals surface area contributed by atoms with Gasteiger partial charge in [0.05, 0.1) is 6.04 Å². The second-order valence-corrected chi connectivity index (χ2v) is 7.18. The second kappa shape index (κ2) is 7.21. The van der Waals surface area contributed by atoms with Gasteiger partial charge in [0.25, 0.3) is 0 Å². The average molecular weight is 319 g/mol. The lowest BCUT2D eigenvalue weighted by Gasteiger charge is -2.28. The van der Waals surface area contributed by atoms with Crippen molar-refractivity contribution in [3.05, 3.63) is 29.8 Å². The van der Waals surface area contributed by atoms with E-state index in [1.807, 2.05) is 27.8 Å². The summed E-state index contributed by atoms with van der Waals surface area (Å²) in [4.78, 5) is 16.2. The van der Waals surface area contributed by atoms with Crippen molar-refractivity contribution in [1.82, 2.24) is 4.90 Å². The highest BCUT2D eigenvalue weighted by Crippen LogP contribution is 2.24. The van der Waals surface area contributed by atoms with Gasteiger partial charge in [-0.15, -0.1) is 0 Å². The molecule has 1 fully saturated rings. The Labute approximate surface area is 139 Å². The molecule has 0 radical (unpaired) electrons. The van der Waals surface area contributed by atoms with E-state index in [1.165, 1.54) is 11.3 Å². The number of ether oxygens (including phenoxy) is 1. The molecule has 5 heteroatoms. The van der Waals surface area contributed by atoms with Crippen LogP contribution in [0.4, 0.5) is 10.5 Å². The number of likely N-dealkylation sites (N-methyl/N-ethyl adjacent to an activating group) is 1. The van der Waals surface area contributed by atoms with Crippen LogP contribution in [0.15, 0.2) is 24.3 Å². The molecule has 23 heavy (non-hydrogen) atoms. The molecule has 1 amide bonds. The first-order chi connectivity index (χ1) is 10.8. The zero-order chi connectivity index (χ0) is 17.0. The van der Waals surface area contributed by atoms with Crippen LogP contribution in [-0.2, 0) is 11.2 Å². The van der Waals surface area contributed by atoms with Crippen molar-refractivity contribution >= 4 is 11.8 Å². The van der Waals surface area contributed by atoms with Gasteiger partial charge in [0.15, 0.2) is 0 Å². The molecule has 1 aliphatic heterocycles. The number of hydrogen-bond donors (Lipinski definition) is 1. The number of amides is 1. The first kappa shape index (κ1) is 17.6. The van der Waals surface area contributed by atoms with Crippen molar-refractivity contribution in [3.8, 4) is 0 Å². The molecule has 0 aliphatic carbocycles. The third-order valence-electron chi connectivity index (χ3n) is 4.13. The molecule has 1 aromatic carbocycles. The van der Waals surface area contributed by atoms with E-state index in [1.54, 1.807) is 4.90 Å². The van der Waals surface area contributed by atoms with E-state index in [9.17, 15) is 4.79 Å². The number of carbonyl (C=O) groups is 1. The fourth-order valence-electron chi connectivity index (χ4n) is 2.82. The third-order valence-corrected chi connectivity index (χ3v) is 4.13. The van der Waals surface area contributed by atoms with E-state index in [0.717, 1.165) is 25.9 Å². The lowest BCUT2D eigenvalue weighted by atomic mass is 10.1. The summed E-state index contributed by atoms with van der Waals surface area (Å²) in [5, 5.41) is 0. The Bertz CT molecular complexity index is 522. The van der Waals surface area contributed by atoms with Crippen molar-refractivity contribution < 1.29 is 9.53 Å². The third kappa shape index (κ3) is 4.86. The topological polar surface area (TPSA) is 58.8 Å². The fourth-order valence-corrected chi connectivity index (χ4v) is 2.82. The van der Waals surface area contributed by atoms with Gasteiger partial charge in [0.2, 0.25) is 0 Å². The molecule has 0 aromatic heterocycles. The Balaban J connectivity index is 1.93. The van der Waals surface area contributed by atoms with Gasteiger partial charge in [-0.3, -0.25) is 0 Å². The minimum absolute atomic E-state index is 0.188. The monoisotopic (exact) mass is 319 g/mol. The SMILES string of the molecule is CN(C(=O)OC(C)(C)C)[C@@H]1CCN(c2ccc(CCN)cc2)C1. The van der Waals surface area contributed by atoms with E-state index >= 15 is 0 Å². The van der Waals surface area contributed by atoms with Gasteiger partial charge < -0.3 is 20.3 Å². The summed E-state index contributed by atoms with van der Waals surface area (Å²) in [6.45, 7) is 8.14. The van der Waals surface area contributed by atoms with Crippen LogP contribution in [0, 0.1) is 0 Å². The molecule has 0 spiro atoms. The van der Waals surface area contributed by atoms with E-state index in [-0.39, 0.29) is 12.1 Å². The Morgan fingerprint density at radius 1 is 1.35 bits per heavy atom. The van der Waals surface area contributed by atoms with Gasteiger partial charge >= 0.3 is 6.09 Å². The molecule has 1 aromatic rings. The van der Waals surface area contributed by atoms with Crippen LogP contribution in [0.25, 0.3) is 0 Å². The van der Waals surface area contributed by atoms with Gasteiger partial charge in [-0.2, -0.15) is 0 Å². The molecule has 1 atom stereocenters. The van der Waals surface area contributed by atoms with Crippen LogP contribution in [0.3, 0.4) is 0 Å². The molecule has 1 saturated heterocycles. The summed E-state index contributed by atoms with van der Waals surface area (Å²) in [7, 11) is 1.83. The first-order valence-electron chi connectivity index (χ1n) is 8.30. The number of anilines is 1. The minimum Gasteiger partial charge on any atom is -0.444 e. The quantitative estimate of drug-likeness (QED) is 0.927. The molecule has 0 unspecified atom stereocenters. The number of hydrogen-bond acceptors (Lipinski definition) is 4. The molecular weight excluding hydrogens is 290 g/mol. The molecular formula is C18H29N3O2. The van der Waals surface area contributed by atoms with Crippen LogP contribution in [0.1, 0.15) is 32.8 Å². The zero-order valence-corrected chi connectivity index (χ0v) is 14.7. The van der Waals surface area contributed by atoms with E-state index in [4.69, 9.17) is 10.5 Å². The van der Waals surface area contributed by atoms with Crippen molar-refractivity contribution in [2.45, 2.75) is 45.3 Å². The minimum atomic E-state index is -0.456. The number of benzene rings is 1. The molecule has 5 nitrogen and oxygen atoms in total. The van der Waals surface area contributed by atoms with E-state index in [2.05, 4.69) is 29.2 Å². The summed E-state index contributed by atoms with van der Waals surface area (Å²) in [6, 6.07) is 8.73. The molecule has 2 rings (SSSR count). The summed E-state index contributed by atoms with van der Waals surface area (Å²) < 4.78 is 5.45.